The Kier molecular flexibility index (Phi) is 24.7. The molecule has 0 aliphatic heterocycles. The predicted octanol–water partition coefficient (Wildman–Crippen LogP) is 18.4. The van der Waals surface area contributed by atoms with Crippen LogP contribution in [-0.2, 0) is 110 Å². The highest BCUT2D eigenvalue weighted by Gasteiger charge is 2.69. The van der Waals surface area contributed by atoms with Gasteiger partial charge in [0, 0.05) is 144 Å². The van der Waals surface area contributed by atoms with Gasteiger partial charge in [-0.25, -0.2) is 63.1 Å². The maximum absolute atomic E-state index is 15.5. The first-order valence-electron chi connectivity index (χ1n) is 38.6. The number of aryl methyl sites for hydroxylation is 2. The van der Waals surface area contributed by atoms with Crippen LogP contribution in [0.5, 0.6) is 0 Å². The van der Waals surface area contributed by atoms with E-state index >= 15 is 17.6 Å². The SMILES string of the molecule is C#CC(C)(C)n1ccnc1.Cn1nc(CS(C)(=O)=O)c2c(Cl)ccc(-c3ccc(C#CC(C)(C)n4ccnc4)nc3[C@@H](CC(=O)Cn3nc(C(F)F)c4c3C(F)(F)[C@@H]3C[C@H]43)Cc3cc(F)cc(F)c3)c21.Cn1nc(CS(C)(=O)=O)c2c(Cl)ccc(-c3ccc(Cl)nc3[C@@H](CC(=O)Cn3nc(C(F)(F)F)c4c3C(F)(F)[C@@H]3C[C@H]43)Cc3cc(F)cc(F)c3)c21.[2H]CF. The molecule has 4 aromatic carbocycles. The fraction of sp³-hybridized carbons (Fsp3) is 0.365. The Morgan fingerprint density at radius 2 is 1.02 bits per heavy atom. The molecule has 652 valence electrons. The lowest BCUT2D eigenvalue weighted by atomic mass is 9.86. The number of carbonyl (C=O) groups excluding carboxylic acids is 2. The van der Waals surface area contributed by atoms with Gasteiger partial charge in [-0.3, -0.25) is 32.7 Å². The summed E-state index contributed by atoms with van der Waals surface area (Å²) in [7, 11) is -4.96. The molecule has 4 aliphatic rings. The second kappa shape index (κ2) is 34.3. The molecule has 4 aliphatic carbocycles. The van der Waals surface area contributed by atoms with Crippen LogP contribution in [0.15, 0.2) is 122 Å². The average molecular weight is 1830 g/mol. The third-order valence-electron chi connectivity index (χ3n) is 21.9. The van der Waals surface area contributed by atoms with Crippen LogP contribution in [0.1, 0.15) is 158 Å². The largest absolute Gasteiger partial charge is 0.435 e. The van der Waals surface area contributed by atoms with E-state index in [1.807, 2.05) is 38.5 Å². The van der Waals surface area contributed by atoms with Crippen molar-refractivity contribution in [2.75, 3.05) is 19.7 Å². The summed E-state index contributed by atoms with van der Waals surface area (Å²) in [5, 5.41) is 17.2. The van der Waals surface area contributed by atoms with Crippen LogP contribution >= 0.6 is 34.8 Å². The lowest BCUT2D eigenvalue weighted by Gasteiger charge is -2.22. The van der Waals surface area contributed by atoms with E-state index < -0.39 is 193 Å². The Balaban J connectivity index is 0.000000189. The standard InChI is InChI=1S/C42H36ClF6N7O3S.C34H26Cl2F7N5O3S.C8H10N2.CH3F/c1-41(2,55-12-11-50-21-55)10-9-26-5-6-28(29-7-8-32(43)35-33(20-60(4,58)59)52-54(3)38(29)35)36(51-26)23(13-22-14-24(44)17-25(45)15-22)16-27(57)19-56-39-34(37(53-56)40(46)47)30-18-31(30)42(39,48)49;1-47-30-21(3-5-24(35)28(30)25(45-47)14-52(2,50)51)20-4-6-26(36)44-29(20)16(7-15-8-17(37)11-18(38)9-15)10-19(49)13-48-32-27(31(46-48)34(41,42)43)22-12-23(22)33(32,39)40;1-4-8(2,3)10-6-5-9-7-10;1-2/h5-8,11-12,14-15,17,21,23,30-31,40H,13,16,18-20H2,1-4H3;3-6,8-9,11,16,22-23H,7,10,12-14H2,1-2H3;1,5-7H,2-3H3;1H3/t23-,30+,31-;16-,22+,23-;;/m11../s1/i;;;1D. The number of nitrogens with zero attached hydrogens (tertiary/aromatic N) is 14. The summed E-state index contributed by atoms with van der Waals surface area (Å²) in [6.07, 6.45) is 7.95. The first kappa shape index (κ1) is 89.5. The van der Waals surface area contributed by atoms with Gasteiger partial charge in [0.25, 0.3) is 18.3 Å². The zero-order valence-corrected chi connectivity index (χ0v) is 70.8. The monoisotopic (exact) mass is 1820 g/mol. The summed E-state index contributed by atoms with van der Waals surface area (Å²) < 4.78 is 262. The van der Waals surface area contributed by atoms with Crippen molar-refractivity contribution >= 4 is 87.8 Å². The van der Waals surface area contributed by atoms with E-state index in [0.717, 1.165) is 36.8 Å². The minimum atomic E-state index is -5.04. The molecule has 20 nitrogen and oxygen atoms in total. The Bertz CT molecular complexity index is 6540. The van der Waals surface area contributed by atoms with Gasteiger partial charge in [-0.05, 0) is 143 Å². The van der Waals surface area contributed by atoms with Crippen LogP contribution in [0.4, 0.5) is 61.5 Å². The smallest absolute Gasteiger partial charge is 0.321 e. The first-order valence-corrected chi connectivity index (χ1v) is 43.2. The number of Topliss-reactive ketones (excluding diaryl/α,β-unsaturated/α-hetero) is 2. The van der Waals surface area contributed by atoms with Crippen LogP contribution in [0.25, 0.3) is 44.1 Å². The van der Waals surface area contributed by atoms with Crippen molar-refractivity contribution in [3.05, 3.63) is 234 Å². The van der Waals surface area contributed by atoms with E-state index in [-0.39, 0.29) is 91.6 Å². The number of terminal acetylenes is 1. The number of fused-ring (bicyclic) bond motifs is 8. The number of alkyl halides is 10. The average Bonchev–Trinajstić information content (AvgIpc) is 1.52. The number of aromatic nitrogens is 14. The van der Waals surface area contributed by atoms with Crippen LogP contribution in [0.3, 0.4) is 0 Å². The number of carbonyl (C=O) groups is 2. The molecule has 124 heavy (non-hydrogen) atoms. The van der Waals surface area contributed by atoms with Crippen molar-refractivity contribution < 1.29 is 89.3 Å². The van der Waals surface area contributed by atoms with Gasteiger partial charge in [0.1, 0.15) is 75.4 Å². The van der Waals surface area contributed by atoms with Gasteiger partial charge in [-0.2, -0.15) is 51.1 Å². The Hall–Kier alpha value is -10.8. The van der Waals surface area contributed by atoms with Crippen molar-refractivity contribution in [3.63, 3.8) is 0 Å². The minimum absolute atomic E-state index is 0.0448. The molecular weight excluding hydrogens is 1750 g/mol. The summed E-state index contributed by atoms with van der Waals surface area (Å²) in [4.78, 5) is 45.4. The maximum atomic E-state index is 15.5. The van der Waals surface area contributed by atoms with Gasteiger partial charge < -0.3 is 9.13 Å². The number of halogens is 17. The summed E-state index contributed by atoms with van der Waals surface area (Å²) in [5.41, 5.74) is -2.16. The second-order valence-corrected chi connectivity index (χ2v) is 37.4. The van der Waals surface area contributed by atoms with Crippen molar-refractivity contribution in [2.45, 2.75) is 150 Å². The number of ketones is 2. The molecule has 0 amide bonds. The zero-order chi connectivity index (χ0) is 91.0. The molecule has 6 atom stereocenters. The van der Waals surface area contributed by atoms with E-state index in [1.165, 1.54) is 21.5 Å². The summed E-state index contributed by atoms with van der Waals surface area (Å²) in [6.45, 7) is 5.92. The Morgan fingerprint density at radius 3 is 1.44 bits per heavy atom. The molecule has 12 aromatic rings. The van der Waals surface area contributed by atoms with Crippen LogP contribution in [-0.4, -0.2) is 116 Å². The zero-order valence-electron chi connectivity index (χ0n) is 67.9. The van der Waals surface area contributed by atoms with Gasteiger partial charge in [0.2, 0.25) is 0 Å². The molecule has 0 radical (unpaired) electrons. The van der Waals surface area contributed by atoms with Gasteiger partial charge in [0.05, 0.1) is 76.5 Å². The predicted molar refractivity (Wildman–Crippen MR) is 435 cm³/mol. The van der Waals surface area contributed by atoms with Crippen molar-refractivity contribution in [2.24, 2.45) is 25.9 Å². The van der Waals surface area contributed by atoms with Crippen molar-refractivity contribution in [1.82, 2.24) is 68.2 Å². The van der Waals surface area contributed by atoms with Crippen molar-refractivity contribution in [1.29, 1.82) is 0 Å². The molecule has 0 saturated heterocycles. The molecular formula is C85H75Cl3F14N14O6S2. The van der Waals surface area contributed by atoms with Crippen molar-refractivity contribution in [3.8, 4) is 46.4 Å². The van der Waals surface area contributed by atoms with E-state index in [4.69, 9.17) is 47.6 Å². The van der Waals surface area contributed by atoms with Crippen LogP contribution in [0.2, 0.25) is 15.2 Å². The molecule has 0 spiro atoms. The van der Waals surface area contributed by atoms with E-state index in [0.29, 0.717) is 65.6 Å². The molecule has 8 heterocycles. The lowest BCUT2D eigenvalue weighted by molar-refractivity contribution is -0.142. The summed E-state index contributed by atoms with van der Waals surface area (Å²) in [6, 6.07) is 18.3. The number of hydrogen-bond donors (Lipinski definition) is 0. The fourth-order valence-electron chi connectivity index (χ4n) is 16.4. The number of sulfone groups is 2. The molecule has 2 saturated carbocycles. The second-order valence-electron chi connectivity index (χ2n) is 31.9. The molecule has 16 rings (SSSR count). The number of imidazole rings is 2. The van der Waals surface area contributed by atoms with E-state index in [9.17, 15) is 70.3 Å². The highest BCUT2D eigenvalue weighted by atomic mass is 35.5. The first-order chi connectivity index (χ1) is 58.5. The number of benzene rings is 4. The topological polar surface area (TPSA) is 235 Å². The molecule has 0 unspecified atom stereocenters. The number of hydrogen-bond acceptors (Lipinski definition) is 14. The molecule has 39 heteroatoms. The molecule has 2 fully saturated rings. The quantitative estimate of drug-likeness (QED) is 0.0329. The number of pyridine rings is 2. The van der Waals surface area contributed by atoms with Gasteiger partial charge in [-0.15, -0.1) is 6.42 Å². The molecule has 0 bridgehead atoms. The molecule has 0 N–H and O–H groups in total. The highest BCUT2D eigenvalue weighted by Crippen LogP contribution is 2.70. The van der Waals surface area contributed by atoms with Gasteiger partial charge in [0.15, 0.2) is 36.9 Å². The lowest BCUT2D eigenvalue weighted by Crippen LogP contribution is -2.24. The van der Waals surface area contributed by atoms with Crippen LogP contribution < -0.4 is 0 Å². The van der Waals surface area contributed by atoms with E-state index in [2.05, 4.69) is 53.1 Å². The Morgan fingerprint density at radius 1 is 0.597 bits per heavy atom. The summed E-state index contributed by atoms with van der Waals surface area (Å²) >= 11 is 19.6. The highest BCUT2D eigenvalue weighted by molar-refractivity contribution is 7.90. The summed E-state index contributed by atoms with van der Waals surface area (Å²) in [5.74, 6) is -10.5. The van der Waals surface area contributed by atoms with E-state index in [1.54, 1.807) is 86.3 Å². The van der Waals surface area contributed by atoms with Crippen LogP contribution in [0, 0.1) is 59.3 Å². The van der Waals surface area contributed by atoms with Gasteiger partial charge >= 0.3 is 6.18 Å². The number of rotatable bonds is 23. The minimum Gasteiger partial charge on any atom is -0.321 e. The molecule has 8 aromatic heterocycles. The maximum Gasteiger partial charge on any atom is 0.435 e. The van der Waals surface area contributed by atoms with Gasteiger partial charge in [-0.1, -0.05) is 58.8 Å². The fourth-order valence-corrected chi connectivity index (χ4v) is 18.5. The third kappa shape index (κ3) is 18.8. The Labute approximate surface area is 717 Å². The normalized spacial score (nSPS) is 17.2. The third-order valence-corrected chi connectivity index (χ3v) is 24.3.